The number of anilines is 2. The lowest BCUT2D eigenvalue weighted by Gasteiger charge is -2.20. The molecule has 0 unspecified atom stereocenters. The summed E-state index contributed by atoms with van der Waals surface area (Å²) >= 11 is 8.32. The van der Waals surface area contributed by atoms with Crippen molar-refractivity contribution in [2.24, 2.45) is 0 Å². The second-order valence-corrected chi connectivity index (χ2v) is 10.9. The van der Waals surface area contributed by atoms with Crippen LogP contribution in [0.15, 0.2) is 51.4 Å². The highest BCUT2D eigenvalue weighted by Crippen LogP contribution is 2.42. The molecule has 0 fully saturated rings. The molecule has 0 atom stereocenters. The molecule has 5 rings (SSSR count). The van der Waals surface area contributed by atoms with Crippen LogP contribution in [0.5, 0.6) is 0 Å². The second kappa shape index (κ2) is 8.61. The summed E-state index contributed by atoms with van der Waals surface area (Å²) in [6, 6.07) is 14.1. The lowest BCUT2D eigenvalue weighted by Crippen LogP contribution is -2.12. The van der Waals surface area contributed by atoms with Crippen molar-refractivity contribution in [3.8, 4) is 11.3 Å². The van der Waals surface area contributed by atoms with Gasteiger partial charge in [-0.25, -0.2) is 4.98 Å². The Morgan fingerprint density at radius 2 is 1.78 bits per heavy atom. The van der Waals surface area contributed by atoms with Crippen LogP contribution >= 0.6 is 43.2 Å². The van der Waals surface area contributed by atoms with E-state index in [1.165, 1.54) is 28.0 Å². The third-order valence-electron chi connectivity index (χ3n) is 5.91. The van der Waals surface area contributed by atoms with E-state index >= 15 is 0 Å². The zero-order valence-electron chi connectivity index (χ0n) is 17.5. The number of aromatic nitrogens is 1. The van der Waals surface area contributed by atoms with E-state index in [4.69, 9.17) is 10.7 Å². The number of aryl methyl sites for hydroxylation is 2. The van der Waals surface area contributed by atoms with Gasteiger partial charge in [0.2, 0.25) is 0 Å². The molecule has 2 aromatic heterocycles. The maximum Gasteiger partial charge on any atom is 0.267 e. The normalized spacial score (nSPS) is 13.2. The largest absolute Gasteiger partial charge is 0.397 e. The number of nitrogens with two attached hydrogens (primary N) is 1. The highest BCUT2D eigenvalue weighted by molar-refractivity contribution is 9.11. The van der Waals surface area contributed by atoms with Crippen molar-refractivity contribution in [1.82, 2.24) is 4.98 Å². The third kappa shape index (κ3) is 3.87. The first-order valence-electron chi connectivity index (χ1n) is 10.5. The van der Waals surface area contributed by atoms with Gasteiger partial charge in [0.05, 0.1) is 17.1 Å². The number of carbonyl (C=O) groups excluding carboxylic acids is 1. The molecule has 32 heavy (non-hydrogen) atoms. The number of nitrogens with one attached hydrogen (secondary N) is 1. The standard InChI is InChI=1S/C25H21Br2N3OS/c1-13-6-8-14(9-7-13)22-17-5-3-2-4-16(17)20-21(28)23(32-25(20)30-22)24(31)29-19-11-10-15(26)12-18(19)27/h6-12H,2-5,28H2,1H3,(H,29,31). The topological polar surface area (TPSA) is 68.0 Å². The first-order valence-corrected chi connectivity index (χ1v) is 12.9. The van der Waals surface area contributed by atoms with Gasteiger partial charge in [-0.3, -0.25) is 4.79 Å². The monoisotopic (exact) mass is 569 g/mol. The van der Waals surface area contributed by atoms with Gasteiger partial charge in [-0.2, -0.15) is 0 Å². The van der Waals surface area contributed by atoms with E-state index in [9.17, 15) is 4.79 Å². The molecule has 0 bridgehead atoms. The molecule has 0 saturated heterocycles. The summed E-state index contributed by atoms with van der Waals surface area (Å²) in [6.07, 6.45) is 4.23. The molecule has 4 nitrogen and oxygen atoms in total. The van der Waals surface area contributed by atoms with Crippen LogP contribution in [0.2, 0.25) is 0 Å². The number of carbonyl (C=O) groups is 1. The molecule has 1 aliphatic rings. The quantitative estimate of drug-likeness (QED) is 0.268. The maximum absolute atomic E-state index is 13.2. The van der Waals surface area contributed by atoms with E-state index in [-0.39, 0.29) is 5.91 Å². The van der Waals surface area contributed by atoms with Crippen LogP contribution in [0.4, 0.5) is 11.4 Å². The fourth-order valence-electron chi connectivity index (χ4n) is 4.30. The molecule has 1 aliphatic carbocycles. The highest BCUT2D eigenvalue weighted by atomic mass is 79.9. The SMILES string of the molecule is Cc1ccc(-c2nc3sc(C(=O)Nc4ccc(Br)cc4Br)c(N)c3c3c2CCCC3)cc1. The predicted octanol–water partition coefficient (Wildman–Crippen LogP) is 7.51. The lowest BCUT2D eigenvalue weighted by molar-refractivity contribution is 0.103. The minimum atomic E-state index is -0.213. The summed E-state index contributed by atoms with van der Waals surface area (Å²) in [5.41, 5.74) is 13.7. The van der Waals surface area contributed by atoms with Gasteiger partial charge in [-0.05, 0) is 77.9 Å². The molecule has 3 N–H and O–H groups in total. The number of hydrogen-bond donors (Lipinski definition) is 2. The van der Waals surface area contributed by atoms with Gasteiger partial charge in [0.1, 0.15) is 9.71 Å². The molecule has 2 aromatic carbocycles. The van der Waals surface area contributed by atoms with Crippen molar-refractivity contribution in [2.75, 3.05) is 11.1 Å². The summed E-state index contributed by atoms with van der Waals surface area (Å²) in [6.45, 7) is 2.09. The van der Waals surface area contributed by atoms with Crippen LogP contribution < -0.4 is 11.1 Å². The summed E-state index contributed by atoms with van der Waals surface area (Å²) in [5.74, 6) is -0.213. The van der Waals surface area contributed by atoms with Gasteiger partial charge in [-0.1, -0.05) is 45.8 Å². The van der Waals surface area contributed by atoms with Crippen LogP contribution in [0.3, 0.4) is 0 Å². The average molecular weight is 571 g/mol. The molecular formula is C25H21Br2N3OS. The fraction of sp³-hybridized carbons (Fsp3) is 0.200. The van der Waals surface area contributed by atoms with Crippen molar-refractivity contribution in [3.05, 3.63) is 73.0 Å². The second-order valence-electron chi connectivity index (χ2n) is 8.09. The molecular weight excluding hydrogens is 550 g/mol. The Balaban J connectivity index is 1.62. The number of hydrogen-bond acceptors (Lipinski definition) is 4. The number of rotatable bonds is 3. The Morgan fingerprint density at radius 3 is 2.50 bits per heavy atom. The minimum absolute atomic E-state index is 0.213. The lowest BCUT2D eigenvalue weighted by atomic mass is 9.87. The van der Waals surface area contributed by atoms with E-state index in [0.717, 1.165) is 56.1 Å². The van der Waals surface area contributed by atoms with Crippen molar-refractivity contribution >= 4 is 70.7 Å². The number of benzene rings is 2. The fourth-order valence-corrected chi connectivity index (χ4v) is 6.47. The van der Waals surface area contributed by atoms with Crippen LogP contribution in [0.25, 0.3) is 21.5 Å². The van der Waals surface area contributed by atoms with Crippen LogP contribution in [0, 0.1) is 6.92 Å². The number of fused-ring (bicyclic) bond motifs is 3. The Hall–Kier alpha value is -2.22. The molecule has 0 radical (unpaired) electrons. The number of amides is 1. The summed E-state index contributed by atoms with van der Waals surface area (Å²) in [5, 5.41) is 3.94. The molecule has 4 aromatic rings. The van der Waals surface area contributed by atoms with Crippen molar-refractivity contribution in [3.63, 3.8) is 0 Å². The summed E-state index contributed by atoms with van der Waals surface area (Å²) < 4.78 is 1.74. The van der Waals surface area contributed by atoms with Crippen LogP contribution in [-0.2, 0) is 12.8 Å². The van der Waals surface area contributed by atoms with Gasteiger partial charge in [0.15, 0.2) is 0 Å². The summed E-state index contributed by atoms with van der Waals surface area (Å²) in [7, 11) is 0. The van der Waals surface area contributed by atoms with Crippen molar-refractivity contribution in [2.45, 2.75) is 32.6 Å². The summed E-state index contributed by atoms with van der Waals surface area (Å²) in [4.78, 5) is 19.5. The Labute approximate surface area is 207 Å². The van der Waals surface area contributed by atoms with Gasteiger partial charge < -0.3 is 11.1 Å². The van der Waals surface area contributed by atoms with Crippen molar-refractivity contribution < 1.29 is 4.79 Å². The molecule has 162 valence electrons. The molecule has 1 amide bonds. The average Bonchev–Trinajstić information content (AvgIpc) is 3.12. The first-order chi connectivity index (χ1) is 15.4. The highest BCUT2D eigenvalue weighted by Gasteiger charge is 2.26. The van der Waals surface area contributed by atoms with Crippen LogP contribution in [-0.4, -0.2) is 10.9 Å². The van der Waals surface area contributed by atoms with E-state index in [1.54, 1.807) is 0 Å². The van der Waals surface area contributed by atoms with Gasteiger partial charge in [0, 0.05) is 19.9 Å². The number of nitrogen functional groups attached to an aromatic ring is 1. The number of halogens is 2. The van der Waals surface area contributed by atoms with Crippen molar-refractivity contribution in [1.29, 1.82) is 0 Å². The molecule has 2 heterocycles. The Morgan fingerprint density at radius 1 is 1.06 bits per heavy atom. The zero-order chi connectivity index (χ0) is 22.4. The third-order valence-corrected chi connectivity index (χ3v) is 8.15. The molecule has 0 spiro atoms. The molecule has 0 aliphatic heterocycles. The van der Waals surface area contributed by atoms with Gasteiger partial charge >= 0.3 is 0 Å². The number of thiophene rings is 1. The molecule has 0 saturated carbocycles. The smallest absolute Gasteiger partial charge is 0.267 e. The van der Waals surface area contributed by atoms with E-state index in [2.05, 4.69) is 68.4 Å². The molecule has 7 heteroatoms. The first kappa shape index (κ1) is 21.6. The number of nitrogens with zero attached hydrogens (tertiary/aromatic N) is 1. The maximum atomic E-state index is 13.2. The number of pyridine rings is 1. The van der Waals surface area contributed by atoms with Crippen LogP contribution in [0.1, 0.15) is 39.2 Å². The Kier molecular flexibility index (Phi) is 5.82. The Bertz CT molecular complexity index is 1360. The van der Waals surface area contributed by atoms with E-state index in [0.29, 0.717) is 16.3 Å². The minimum Gasteiger partial charge on any atom is -0.397 e. The van der Waals surface area contributed by atoms with E-state index < -0.39 is 0 Å². The van der Waals surface area contributed by atoms with Gasteiger partial charge in [0.25, 0.3) is 5.91 Å². The van der Waals surface area contributed by atoms with E-state index in [1.807, 2.05) is 18.2 Å². The predicted molar refractivity (Wildman–Crippen MR) is 141 cm³/mol. The van der Waals surface area contributed by atoms with Gasteiger partial charge in [-0.15, -0.1) is 11.3 Å². The zero-order valence-corrected chi connectivity index (χ0v) is 21.5.